The lowest BCUT2D eigenvalue weighted by Gasteiger charge is -2.26. The highest BCUT2D eigenvalue weighted by atomic mass is 31.2. The smallest absolute Gasteiger partial charge is 0.462 e. The first kappa shape index (κ1) is 49.1. The van der Waals surface area contributed by atoms with Crippen molar-refractivity contribution in [1.29, 1.82) is 0 Å². The number of ketones is 1. The Balaban J connectivity index is 1.86. The van der Waals surface area contributed by atoms with E-state index < -0.39 is 75.0 Å². The number of carbonyl (C=O) groups excluding carboxylic acids is 6. The number of nitrogens with one attached hydrogen (secondary N) is 2. The number of benzene rings is 2. The van der Waals surface area contributed by atoms with Gasteiger partial charge in [-0.25, -0.2) is 14.2 Å². The zero-order valence-electron chi connectivity index (χ0n) is 33.9. The maximum atomic E-state index is 12.8. The zero-order chi connectivity index (χ0) is 43.4. The lowest BCUT2D eigenvalue weighted by molar-refractivity contribution is -0.161. The Morgan fingerprint density at radius 3 is 1.95 bits per heavy atom. The lowest BCUT2D eigenvalue weighted by atomic mass is 10.0. The fraction of sp³-hybridized carbons (Fsp3) is 0.512. The highest BCUT2D eigenvalue weighted by Gasteiger charge is 2.33. The van der Waals surface area contributed by atoms with Crippen LogP contribution in [0.3, 0.4) is 0 Å². The number of terminal acetylenes is 1. The van der Waals surface area contributed by atoms with Gasteiger partial charge in [-0.3, -0.25) is 28.2 Å². The van der Waals surface area contributed by atoms with Gasteiger partial charge in [0.15, 0.2) is 17.9 Å². The first-order valence-corrected chi connectivity index (χ1v) is 20.3. The molecule has 2 amide bonds. The van der Waals surface area contributed by atoms with Crippen LogP contribution in [0.1, 0.15) is 113 Å². The SMILES string of the molecule is C#CCCCC(=O)O[C@@H](COC(=O)CCCCCNC(=O)c1ccc(C(=O)c2ccccc2)cc1)COP(=O)(O)OC[C@H](NC(=O)OC(C)(C)C)C(=O)OC(C)(C)C. The number of alkyl carbamates (subject to hydrolysis) is 1. The van der Waals surface area contributed by atoms with Crippen molar-refractivity contribution >= 4 is 43.5 Å². The molecule has 0 bridgehead atoms. The number of esters is 3. The highest BCUT2D eigenvalue weighted by molar-refractivity contribution is 7.47. The van der Waals surface area contributed by atoms with Gasteiger partial charge < -0.3 is 34.5 Å². The molecular formula is C41H55N2O14P. The molecule has 3 N–H and O–H groups in total. The van der Waals surface area contributed by atoms with Crippen molar-refractivity contribution < 1.29 is 66.2 Å². The van der Waals surface area contributed by atoms with E-state index in [0.717, 1.165) is 0 Å². The van der Waals surface area contributed by atoms with E-state index in [1.54, 1.807) is 90.1 Å². The van der Waals surface area contributed by atoms with E-state index in [2.05, 4.69) is 16.6 Å². The molecule has 0 aliphatic carbocycles. The van der Waals surface area contributed by atoms with Crippen LogP contribution in [-0.2, 0) is 46.9 Å². The first-order valence-electron chi connectivity index (χ1n) is 18.8. The molecule has 318 valence electrons. The number of hydrogen-bond donors (Lipinski definition) is 3. The number of phosphoric ester groups is 1. The number of phosphoric acid groups is 1. The molecule has 2 aromatic carbocycles. The zero-order valence-corrected chi connectivity index (χ0v) is 34.8. The summed E-state index contributed by atoms with van der Waals surface area (Å²) < 4.78 is 43.8. The minimum absolute atomic E-state index is 0.00709. The summed E-state index contributed by atoms with van der Waals surface area (Å²) in [7, 11) is -4.97. The molecule has 0 saturated heterocycles. The Morgan fingerprint density at radius 2 is 1.33 bits per heavy atom. The average Bonchev–Trinajstić information content (AvgIpc) is 3.14. The van der Waals surface area contributed by atoms with Crippen molar-refractivity contribution in [2.45, 2.75) is 110 Å². The van der Waals surface area contributed by atoms with Gasteiger partial charge in [0.25, 0.3) is 5.91 Å². The molecule has 0 aromatic heterocycles. The molecule has 16 nitrogen and oxygen atoms in total. The maximum Gasteiger partial charge on any atom is 0.472 e. The van der Waals surface area contributed by atoms with E-state index in [-0.39, 0.29) is 24.5 Å². The number of rotatable bonds is 23. The fourth-order valence-corrected chi connectivity index (χ4v) is 5.50. The van der Waals surface area contributed by atoms with Gasteiger partial charge in [-0.05, 0) is 72.9 Å². The summed E-state index contributed by atoms with van der Waals surface area (Å²) >= 11 is 0. The van der Waals surface area contributed by atoms with E-state index in [0.29, 0.717) is 55.3 Å². The van der Waals surface area contributed by atoms with Gasteiger partial charge in [-0.2, -0.15) is 0 Å². The molecule has 0 spiro atoms. The van der Waals surface area contributed by atoms with Crippen molar-refractivity contribution in [2.75, 3.05) is 26.4 Å². The summed E-state index contributed by atoms with van der Waals surface area (Å²) in [5.74, 6) is -0.398. The van der Waals surface area contributed by atoms with Gasteiger partial charge in [0.1, 0.15) is 17.8 Å². The van der Waals surface area contributed by atoms with Gasteiger partial charge in [0.2, 0.25) is 0 Å². The summed E-state index contributed by atoms with van der Waals surface area (Å²) in [6.45, 7) is 7.77. The number of amides is 2. The van der Waals surface area contributed by atoms with Crippen molar-refractivity contribution in [1.82, 2.24) is 10.6 Å². The maximum absolute atomic E-state index is 12.8. The average molecular weight is 831 g/mol. The highest BCUT2D eigenvalue weighted by Crippen LogP contribution is 2.43. The second-order valence-corrected chi connectivity index (χ2v) is 16.4. The molecule has 0 fully saturated rings. The molecule has 0 saturated carbocycles. The summed E-state index contributed by atoms with van der Waals surface area (Å²) in [5, 5.41) is 5.05. The van der Waals surface area contributed by atoms with Crippen LogP contribution < -0.4 is 10.6 Å². The second-order valence-electron chi connectivity index (χ2n) is 15.0. The molecule has 0 aliphatic rings. The van der Waals surface area contributed by atoms with Crippen LogP contribution in [0.2, 0.25) is 0 Å². The van der Waals surface area contributed by atoms with Gasteiger partial charge in [-0.1, -0.05) is 48.9 Å². The molecule has 3 atom stereocenters. The third-order valence-electron chi connectivity index (χ3n) is 7.43. The Kier molecular flexibility index (Phi) is 20.3. The summed E-state index contributed by atoms with van der Waals surface area (Å²) in [6.07, 6.45) is 4.96. The summed E-state index contributed by atoms with van der Waals surface area (Å²) in [4.78, 5) is 85.6. The van der Waals surface area contributed by atoms with Crippen molar-refractivity contribution in [3.8, 4) is 12.3 Å². The van der Waals surface area contributed by atoms with Gasteiger partial charge in [0, 0.05) is 42.5 Å². The van der Waals surface area contributed by atoms with E-state index in [9.17, 15) is 38.2 Å². The van der Waals surface area contributed by atoms with Crippen LogP contribution >= 0.6 is 7.82 Å². The third kappa shape index (κ3) is 20.9. The minimum atomic E-state index is -4.97. The number of carbonyl (C=O) groups is 6. The Hall–Kier alpha value is -5.07. The first-order chi connectivity index (χ1) is 27.2. The second kappa shape index (κ2) is 24.0. The molecule has 0 radical (unpaired) electrons. The summed E-state index contributed by atoms with van der Waals surface area (Å²) in [5.41, 5.74) is -0.483. The standard InChI is InChI=1S/C41H55N2O14P/c1-8-9-12-20-35(45)55-32(27-53-58(50,51)54-28-33(38(48)56-40(2,3)4)43-39(49)57-41(5,6)7)26-52-34(44)19-15-11-16-25-42-37(47)31-23-21-30(22-24-31)36(46)29-17-13-10-14-18-29/h1,10,13-14,17-18,21-24,32-33H,9,11-12,15-16,19-20,25-28H2,2-7H3,(H,42,47)(H,43,49)(H,50,51)/t32-,33-/m0/s1. The van der Waals surface area contributed by atoms with Gasteiger partial charge in [-0.15, -0.1) is 12.3 Å². The summed E-state index contributed by atoms with van der Waals surface area (Å²) in [6, 6.07) is 13.6. The van der Waals surface area contributed by atoms with E-state index >= 15 is 0 Å². The molecular weight excluding hydrogens is 775 g/mol. The normalized spacial score (nSPS) is 13.4. The topological polar surface area (TPSA) is 219 Å². The number of unbranched alkanes of at least 4 members (excludes halogenated alkanes) is 3. The van der Waals surface area contributed by atoms with Crippen LogP contribution in [0.4, 0.5) is 4.79 Å². The van der Waals surface area contributed by atoms with E-state index in [4.69, 9.17) is 34.4 Å². The molecule has 0 aliphatic heterocycles. The van der Waals surface area contributed by atoms with Crippen LogP contribution in [0.5, 0.6) is 0 Å². The van der Waals surface area contributed by atoms with Crippen LogP contribution in [0.25, 0.3) is 0 Å². The molecule has 58 heavy (non-hydrogen) atoms. The van der Waals surface area contributed by atoms with Crippen molar-refractivity contribution in [3.05, 3.63) is 71.3 Å². The predicted octanol–water partition coefficient (Wildman–Crippen LogP) is 5.83. The van der Waals surface area contributed by atoms with Crippen LogP contribution in [0, 0.1) is 12.3 Å². The van der Waals surface area contributed by atoms with Gasteiger partial charge in [0.05, 0.1) is 13.2 Å². The molecule has 1 unspecified atom stereocenters. The molecule has 2 aromatic rings. The lowest BCUT2D eigenvalue weighted by Crippen LogP contribution is -2.48. The van der Waals surface area contributed by atoms with Gasteiger partial charge >= 0.3 is 31.8 Å². The monoisotopic (exact) mass is 830 g/mol. The Morgan fingerprint density at radius 1 is 0.741 bits per heavy atom. The Labute approximate surface area is 339 Å². The minimum Gasteiger partial charge on any atom is -0.462 e. The quantitative estimate of drug-likeness (QED) is 0.0300. The van der Waals surface area contributed by atoms with Crippen LogP contribution in [-0.4, -0.2) is 90.3 Å². The number of ether oxygens (including phenoxy) is 4. The molecule has 2 rings (SSSR count). The fourth-order valence-electron chi connectivity index (χ4n) is 4.73. The molecule has 17 heteroatoms. The number of hydrogen-bond acceptors (Lipinski definition) is 13. The Bertz CT molecular complexity index is 1760. The van der Waals surface area contributed by atoms with E-state index in [1.807, 2.05) is 6.07 Å². The van der Waals surface area contributed by atoms with Crippen molar-refractivity contribution in [2.24, 2.45) is 0 Å². The van der Waals surface area contributed by atoms with E-state index in [1.165, 1.54) is 0 Å². The molecule has 0 heterocycles. The largest absolute Gasteiger partial charge is 0.472 e. The van der Waals surface area contributed by atoms with Crippen molar-refractivity contribution in [3.63, 3.8) is 0 Å². The predicted molar refractivity (Wildman–Crippen MR) is 211 cm³/mol. The van der Waals surface area contributed by atoms with Crippen LogP contribution in [0.15, 0.2) is 54.6 Å². The third-order valence-corrected chi connectivity index (χ3v) is 8.38.